The van der Waals surface area contributed by atoms with Crippen LogP contribution in [-0.4, -0.2) is 98.9 Å². The Morgan fingerprint density at radius 2 is 0.577 bits per heavy atom. The van der Waals surface area contributed by atoms with Crippen LogP contribution in [0.4, 0.5) is 0 Å². The Kier molecular flexibility index (Phi) is 31.1. The van der Waals surface area contributed by atoms with E-state index in [9.17, 15) is 9.59 Å². The van der Waals surface area contributed by atoms with Gasteiger partial charge in [0, 0.05) is 51.4 Å². The van der Waals surface area contributed by atoms with Crippen molar-refractivity contribution in [3.63, 3.8) is 0 Å². The van der Waals surface area contributed by atoms with Crippen molar-refractivity contribution in [3.8, 4) is 0 Å². The average molecular weight is 727 g/mol. The van der Waals surface area contributed by atoms with E-state index in [0.717, 1.165) is 26.2 Å². The quantitative estimate of drug-likeness (QED) is 0.0646. The van der Waals surface area contributed by atoms with E-state index in [1.54, 1.807) is 34.1 Å². The monoisotopic (exact) mass is 727 g/mol. The molecule has 52 heavy (non-hydrogen) atoms. The molecule has 0 unspecified atom stereocenters. The van der Waals surface area contributed by atoms with E-state index < -0.39 is 0 Å². The molecule has 1 aromatic rings. The molecular weight excluding hydrogens is 641 g/mol. The molecule has 0 fully saturated rings. The lowest BCUT2D eigenvalue weighted by Crippen LogP contribution is -2.35. The van der Waals surface area contributed by atoms with Crippen LogP contribution in [0.15, 0.2) is 24.3 Å². The van der Waals surface area contributed by atoms with Gasteiger partial charge in [-0.1, -0.05) is 168 Å². The zero-order valence-corrected chi connectivity index (χ0v) is 35.5. The van der Waals surface area contributed by atoms with Crippen LogP contribution in [0.1, 0.15) is 202 Å². The molecule has 0 aromatic heterocycles. The SMILES string of the molecule is CCCCCCCCCCCCCCCN(C)CCN(C)C(=O)c1ccc(C(=O)N(C)CCN(C)CCCCCCCCCCCCCCC)cc1. The molecule has 0 N–H and O–H groups in total. The first-order chi connectivity index (χ1) is 25.3. The fraction of sp³-hybridized carbons (Fsp3) is 0.826. The van der Waals surface area contributed by atoms with Gasteiger partial charge in [0.1, 0.15) is 0 Å². The summed E-state index contributed by atoms with van der Waals surface area (Å²) in [6.45, 7) is 9.87. The molecule has 2 amide bonds. The highest BCUT2D eigenvalue weighted by Crippen LogP contribution is 2.15. The second kappa shape index (κ2) is 33.6. The fourth-order valence-electron chi connectivity index (χ4n) is 7.06. The first-order valence-electron chi connectivity index (χ1n) is 22.3. The van der Waals surface area contributed by atoms with E-state index in [0.29, 0.717) is 24.2 Å². The fourth-order valence-corrected chi connectivity index (χ4v) is 7.06. The molecule has 0 heterocycles. The smallest absolute Gasteiger partial charge is 0.253 e. The van der Waals surface area contributed by atoms with Crippen molar-refractivity contribution < 1.29 is 9.59 Å². The van der Waals surface area contributed by atoms with Gasteiger partial charge in [-0.15, -0.1) is 0 Å². The number of hydrogen-bond donors (Lipinski definition) is 0. The highest BCUT2D eigenvalue weighted by Gasteiger charge is 2.16. The summed E-state index contributed by atoms with van der Waals surface area (Å²) in [4.78, 5) is 34.4. The van der Waals surface area contributed by atoms with Gasteiger partial charge in [0.05, 0.1) is 0 Å². The predicted octanol–water partition coefficient (Wildman–Crippen LogP) is 11.9. The minimum absolute atomic E-state index is 0.0107. The number of rotatable bonds is 36. The Balaban J connectivity index is 2.13. The van der Waals surface area contributed by atoms with Gasteiger partial charge in [-0.3, -0.25) is 9.59 Å². The van der Waals surface area contributed by atoms with Crippen molar-refractivity contribution in [3.05, 3.63) is 35.4 Å². The third-order valence-corrected chi connectivity index (χ3v) is 11.0. The van der Waals surface area contributed by atoms with Gasteiger partial charge in [0.25, 0.3) is 11.8 Å². The molecule has 0 radical (unpaired) electrons. The van der Waals surface area contributed by atoms with Crippen LogP contribution in [-0.2, 0) is 0 Å². The van der Waals surface area contributed by atoms with Crippen molar-refractivity contribution in [1.82, 2.24) is 19.6 Å². The molecule has 1 aromatic carbocycles. The van der Waals surface area contributed by atoms with Crippen molar-refractivity contribution >= 4 is 11.8 Å². The van der Waals surface area contributed by atoms with E-state index >= 15 is 0 Å². The van der Waals surface area contributed by atoms with Crippen LogP contribution < -0.4 is 0 Å². The van der Waals surface area contributed by atoms with Crippen molar-refractivity contribution in [2.24, 2.45) is 0 Å². The molecule has 0 bridgehead atoms. The maximum Gasteiger partial charge on any atom is 0.253 e. The topological polar surface area (TPSA) is 47.1 Å². The molecular formula is C46H86N4O2. The Labute approximate surface area is 323 Å². The molecule has 6 nitrogen and oxygen atoms in total. The lowest BCUT2D eigenvalue weighted by atomic mass is 10.0. The Bertz CT molecular complexity index is 891. The number of hydrogen-bond acceptors (Lipinski definition) is 4. The summed E-state index contributed by atoms with van der Waals surface area (Å²) in [6.07, 6.45) is 35.8. The first kappa shape index (κ1) is 48.1. The van der Waals surface area contributed by atoms with Crippen LogP contribution in [0.25, 0.3) is 0 Å². The van der Waals surface area contributed by atoms with Crippen LogP contribution in [0.5, 0.6) is 0 Å². The van der Waals surface area contributed by atoms with Gasteiger partial charge in [-0.25, -0.2) is 0 Å². The highest BCUT2D eigenvalue weighted by molar-refractivity contribution is 5.97. The van der Waals surface area contributed by atoms with Crippen molar-refractivity contribution in [1.29, 1.82) is 0 Å². The average Bonchev–Trinajstić information content (AvgIpc) is 3.15. The molecule has 6 heteroatoms. The Hall–Kier alpha value is -1.92. The lowest BCUT2D eigenvalue weighted by molar-refractivity contribution is 0.0770. The molecule has 0 aliphatic heterocycles. The van der Waals surface area contributed by atoms with E-state index in [1.807, 2.05) is 14.1 Å². The van der Waals surface area contributed by atoms with Crippen LogP contribution in [0, 0.1) is 0 Å². The summed E-state index contributed by atoms with van der Waals surface area (Å²) in [6, 6.07) is 7.21. The maximum atomic E-state index is 13.1. The van der Waals surface area contributed by atoms with Crippen LogP contribution in [0.2, 0.25) is 0 Å². The molecule has 0 saturated carbocycles. The third kappa shape index (κ3) is 26.0. The Morgan fingerprint density at radius 3 is 0.827 bits per heavy atom. The summed E-state index contributed by atoms with van der Waals surface area (Å²) in [5.74, 6) is 0.0213. The lowest BCUT2D eigenvalue weighted by Gasteiger charge is -2.23. The standard InChI is InChI=1S/C46H86N4O2/c1-7-9-11-13-15-17-19-21-23-25-27-29-31-37-47(3)39-41-49(5)45(51)43-33-35-44(36-34-43)46(52)50(6)42-40-48(4)38-32-30-28-26-24-22-20-18-16-14-12-10-8-2/h33-36H,7-32,37-42H2,1-6H3. The number of carbonyl (C=O) groups is 2. The molecule has 0 aliphatic rings. The molecule has 0 saturated heterocycles. The number of carbonyl (C=O) groups excluding carboxylic acids is 2. The van der Waals surface area contributed by atoms with Crippen molar-refractivity contribution in [2.75, 3.05) is 67.5 Å². The Morgan fingerprint density at radius 1 is 0.346 bits per heavy atom. The van der Waals surface area contributed by atoms with Gasteiger partial charge in [0.15, 0.2) is 0 Å². The molecule has 0 atom stereocenters. The zero-order valence-electron chi connectivity index (χ0n) is 35.5. The maximum absolute atomic E-state index is 13.1. The minimum atomic E-state index is 0.0107. The summed E-state index contributed by atoms with van der Waals surface area (Å²) in [5, 5.41) is 0. The predicted molar refractivity (Wildman–Crippen MR) is 227 cm³/mol. The summed E-state index contributed by atoms with van der Waals surface area (Å²) < 4.78 is 0. The molecule has 0 aliphatic carbocycles. The van der Waals surface area contributed by atoms with Crippen LogP contribution >= 0.6 is 0 Å². The second-order valence-corrected chi connectivity index (χ2v) is 16.1. The third-order valence-electron chi connectivity index (χ3n) is 11.0. The van der Waals surface area contributed by atoms with E-state index in [-0.39, 0.29) is 11.8 Å². The van der Waals surface area contributed by atoms with Gasteiger partial charge < -0.3 is 19.6 Å². The molecule has 1 rings (SSSR count). The van der Waals surface area contributed by atoms with Gasteiger partial charge in [-0.2, -0.15) is 0 Å². The van der Waals surface area contributed by atoms with Crippen molar-refractivity contribution in [2.45, 2.75) is 181 Å². The number of nitrogens with zero attached hydrogens (tertiary/aromatic N) is 4. The van der Waals surface area contributed by atoms with E-state index in [4.69, 9.17) is 0 Å². The van der Waals surface area contributed by atoms with Gasteiger partial charge in [-0.05, 0) is 64.3 Å². The first-order valence-corrected chi connectivity index (χ1v) is 22.3. The zero-order chi connectivity index (χ0) is 38.1. The van der Waals surface area contributed by atoms with Crippen LogP contribution in [0.3, 0.4) is 0 Å². The summed E-state index contributed by atoms with van der Waals surface area (Å²) in [5.41, 5.74) is 1.27. The normalized spacial score (nSPS) is 11.5. The van der Waals surface area contributed by atoms with Gasteiger partial charge >= 0.3 is 0 Å². The summed E-state index contributed by atoms with van der Waals surface area (Å²) >= 11 is 0. The largest absolute Gasteiger partial charge is 0.340 e. The number of unbranched alkanes of at least 4 members (excludes halogenated alkanes) is 24. The second-order valence-electron chi connectivity index (χ2n) is 16.1. The van der Waals surface area contributed by atoms with E-state index in [2.05, 4.69) is 37.7 Å². The number of likely N-dealkylation sites (N-methyl/N-ethyl adjacent to an activating group) is 4. The number of benzene rings is 1. The molecule has 0 spiro atoms. The highest BCUT2D eigenvalue weighted by atomic mass is 16.2. The summed E-state index contributed by atoms with van der Waals surface area (Å²) in [7, 11) is 8.08. The number of amides is 2. The van der Waals surface area contributed by atoms with Gasteiger partial charge in [0.2, 0.25) is 0 Å². The minimum Gasteiger partial charge on any atom is -0.340 e. The van der Waals surface area contributed by atoms with E-state index in [1.165, 1.54) is 167 Å². The molecule has 302 valence electrons.